The minimum absolute atomic E-state index is 0.234. The molecule has 6 heteroatoms. The number of anilines is 1. The van der Waals surface area contributed by atoms with E-state index in [4.69, 9.17) is 4.42 Å². The van der Waals surface area contributed by atoms with Crippen LogP contribution in [0.3, 0.4) is 0 Å². The fraction of sp³-hybridized carbons (Fsp3) is 0. The zero-order valence-corrected chi connectivity index (χ0v) is 10.4. The molecule has 16 heavy (non-hydrogen) atoms. The maximum atomic E-state index is 11.4. The number of furan rings is 1. The Bertz CT molecular complexity index is 505. The molecule has 1 amide bonds. The highest BCUT2D eigenvalue weighted by Crippen LogP contribution is 2.15. The summed E-state index contributed by atoms with van der Waals surface area (Å²) >= 11 is 4.55. The van der Waals surface area contributed by atoms with Crippen molar-refractivity contribution in [2.45, 2.75) is 0 Å². The summed E-state index contributed by atoms with van der Waals surface area (Å²) in [6, 6.07) is 3.52. The van der Waals surface area contributed by atoms with Crippen LogP contribution in [0.25, 0.3) is 6.08 Å². The van der Waals surface area contributed by atoms with Crippen LogP contribution in [0, 0.1) is 0 Å². The molecule has 0 fully saturated rings. The van der Waals surface area contributed by atoms with Crippen molar-refractivity contribution in [3.8, 4) is 0 Å². The molecule has 2 aromatic heterocycles. The second-order valence-electron chi connectivity index (χ2n) is 2.80. The van der Waals surface area contributed by atoms with E-state index in [0.29, 0.717) is 15.6 Å². The molecule has 0 aromatic carbocycles. The summed E-state index contributed by atoms with van der Waals surface area (Å²) in [5.74, 6) is 0.378. The zero-order valence-electron chi connectivity index (χ0n) is 8.01. The quantitative estimate of drug-likeness (QED) is 0.886. The Kier molecular flexibility index (Phi) is 3.53. The van der Waals surface area contributed by atoms with Crippen molar-refractivity contribution in [1.29, 1.82) is 0 Å². The summed E-state index contributed by atoms with van der Waals surface area (Å²) in [7, 11) is 0. The van der Waals surface area contributed by atoms with Crippen LogP contribution in [0.15, 0.2) is 38.9 Å². The number of amides is 1. The largest absolute Gasteiger partial charge is 0.450 e. The van der Waals surface area contributed by atoms with Crippen molar-refractivity contribution in [3.05, 3.63) is 40.2 Å². The van der Waals surface area contributed by atoms with E-state index in [1.165, 1.54) is 17.4 Å². The normalized spacial score (nSPS) is 10.8. The molecule has 0 aliphatic rings. The lowest BCUT2D eigenvalue weighted by Crippen LogP contribution is -2.06. The number of rotatable bonds is 3. The third-order valence-corrected chi connectivity index (χ3v) is 2.77. The van der Waals surface area contributed by atoms with E-state index in [1.54, 1.807) is 29.8 Å². The molecule has 0 atom stereocenters. The fourth-order valence-corrected chi connectivity index (χ4v) is 1.86. The van der Waals surface area contributed by atoms with E-state index in [1.807, 2.05) is 0 Å². The van der Waals surface area contributed by atoms with Gasteiger partial charge in [0.15, 0.2) is 9.80 Å². The summed E-state index contributed by atoms with van der Waals surface area (Å²) in [6.45, 7) is 0. The minimum Gasteiger partial charge on any atom is -0.450 e. The van der Waals surface area contributed by atoms with E-state index < -0.39 is 0 Å². The Balaban J connectivity index is 1.94. The minimum atomic E-state index is -0.234. The average molecular weight is 299 g/mol. The number of halogens is 1. The van der Waals surface area contributed by atoms with Gasteiger partial charge in [0.1, 0.15) is 5.76 Å². The van der Waals surface area contributed by atoms with Crippen LogP contribution in [0.1, 0.15) is 5.76 Å². The lowest BCUT2D eigenvalue weighted by atomic mass is 10.4. The summed E-state index contributed by atoms with van der Waals surface area (Å²) < 4.78 is 5.84. The predicted molar refractivity (Wildman–Crippen MR) is 66.2 cm³/mol. The monoisotopic (exact) mass is 298 g/mol. The molecule has 2 aromatic rings. The lowest BCUT2D eigenvalue weighted by Gasteiger charge is -1.93. The molecule has 0 unspecified atom stereocenters. The topological polar surface area (TPSA) is 55.1 Å². The van der Waals surface area contributed by atoms with Gasteiger partial charge >= 0.3 is 0 Å². The van der Waals surface area contributed by atoms with E-state index in [-0.39, 0.29) is 5.91 Å². The number of thiazole rings is 1. The van der Waals surface area contributed by atoms with Crippen molar-refractivity contribution in [2.24, 2.45) is 0 Å². The maximum Gasteiger partial charge on any atom is 0.250 e. The van der Waals surface area contributed by atoms with Crippen LogP contribution in [-0.4, -0.2) is 10.9 Å². The highest BCUT2D eigenvalue weighted by molar-refractivity contribution is 9.10. The second-order valence-corrected chi connectivity index (χ2v) is 4.48. The van der Waals surface area contributed by atoms with Gasteiger partial charge in [0, 0.05) is 17.7 Å². The summed E-state index contributed by atoms with van der Waals surface area (Å²) in [6.07, 6.45) is 4.62. The van der Waals surface area contributed by atoms with Crippen molar-refractivity contribution in [1.82, 2.24) is 4.98 Å². The van der Waals surface area contributed by atoms with Gasteiger partial charge in [-0.05, 0) is 34.1 Å². The third-order valence-electron chi connectivity index (χ3n) is 1.66. The van der Waals surface area contributed by atoms with Gasteiger partial charge in [-0.3, -0.25) is 10.1 Å². The van der Waals surface area contributed by atoms with E-state index in [0.717, 1.165) is 0 Å². The van der Waals surface area contributed by atoms with Crippen molar-refractivity contribution < 1.29 is 9.21 Å². The molecule has 0 saturated carbocycles. The van der Waals surface area contributed by atoms with Gasteiger partial charge in [-0.1, -0.05) is 0 Å². The van der Waals surface area contributed by atoms with Crippen molar-refractivity contribution in [3.63, 3.8) is 0 Å². The van der Waals surface area contributed by atoms with Gasteiger partial charge in [0.2, 0.25) is 5.91 Å². The maximum absolute atomic E-state index is 11.4. The number of hydrogen-bond donors (Lipinski definition) is 1. The third kappa shape index (κ3) is 3.04. The summed E-state index contributed by atoms with van der Waals surface area (Å²) in [5, 5.41) is 5.00. The van der Waals surface area contributed by atoms with Crippen LogP contribution < -0.4 is 5.32 Å². The standard InChI is InChI=1S/C10H7BrN2O2S/c11-8-3-1-7(15-8)2-4-9(14)13-10-12-5-6-16-10/h1-6H,(H,12,13,14)/b4-2+. The van der Waals surface area contributed by atoms with Crippen LogP contribution in [0.5, 0.6) is 0 Å². The van der Waals surface area contributed by atoms with Crippen LogP contribution in [0.2, 0.25) is 0 Å². The number of hydrogen-bond acceptors (Lipinski definition) is 4. The first-order chi connectivity index (χ1) is 7.74. The van der Waals surface area contributed by atoms with E-state index in [9.17, 15) is 4.79 Å². The second kappa shape index (κ2) is 5.09. The molecule has 0 spiro atoms. The van der Waals surface area contributed by atoms with Gasteiger partial charge in [-0.15, -0.1) is 11.3 Å². The SMILES string of the molecule is O=C(/C=C/c1ccc(Br)o1)Nc1nccs1. The molecule has 0 bridgehead atoms. The Hall–Kier alpha value is -1.40. The Morgan fingerprint density at radius 2 is 2.44 bits per heavy atom. The number of aromatic nitrogens is 1. The van der Waals surface area contributed by atoms with Crippen molar-refractivity contribution >= 4 is 44.4 Å². The first kappa shape index (κ1) is 11.1. The molecule has 0 radical (unpaired) electrons. The Morgan fingerprint density at radius 1 is 1.56 bits per heavy atom. The summed E-state index contributed by atoms with van der Waals surface area (Å²) in [4.78, 5) is 15.3. The number of nitrogens with one attached hydrogen (secondary N) is 1. The Labute approximate surface area is 104 Å². The molecule has 0 aliphatic heterocycles. The zero-order chi connectivity index (χ0) is 11.4. The molecule has 2 heterocycles. The predicted octanol–water partition coefficient (Wildman–Crippen LogP) is 3.15. The first-order valence-electron chi connectivity index (χ1n) is 4.38. The van der Waals surface area contributed by atoms with Crippen LogP contribution >= 0.6 is 27.3 Å². The van der Waals surface area contributed by atoms with Crippen LogP contribution in [-0.2, 0) is 4.79 Å². The summed E-state index contributed by atoms with van der Waals surface area (Å²) in [5.41, 5.74) is 0. The molecular formula is C10H7BrN2O2S. The highest BCUT2D eigenvalue weighted by Gasteiger charge is 2.00. The molecule has 0 aliphatic carbocycles. The Morgan fingerprint density at radius 3 is 3.06 bits per heavy atom. The lowest BCUT2D eigenvalue weighted by molar-refractivity contribution is -0.111. The van der Waals surface area contributed by atoms with Gasteiger partial charge in [0.05, 0.1) is 0 Å². The molecule has 82 valence electrons. The number of carbonyl (C=O) groups excluding carboxylic acids is 1. The highest BCUT2D eigenvalue weighted by atomic mass is 79.9. The number of carbonyl (C=O) groups is 1. The van der Waals surface area contributed by atoms with E-state index in [2.05, 4.69) is 26.2 Å². The van der Waals surface area contributed by atoms with E-state index >= 15 is 0 Å². The molecular weight excluding hydrogens is 292 g/mol. The molecule has 0 saturated heterocycles. The van der Waals surface area contributed by atoms with Gasteiger partial charge < -0.3 is 4.42 Å². The van der Waals surface area contributed by atoms with Gasteiger partial charge in [0.25, 0.3) is 0 Å². The number of nitrogens with zero attached hydrogens (tertiary/aromatic N) is 1. The van der Waals surface area contributed by atoms with Gasteiger partial charge in [-0.2, -0.15) is 0 Å². The first-order valence-corrected chi connectivity index (χ1v) is 6.05. The van der Waals surface area contributed by atoms with Crippen molar-refractivity contribution in [2.75, 3.05) is 5.32 Å². The van der Waals surface area contributed by atoms with Gasteiger partial charge in [-0.25, -0.2) is 4.98 Å². The molecule has 4 nitrogen and oxygen atoms in total. The molecule has 2 rings (SSSR count). The van der Waals surface area contributed by atoms with Crippen LogP contribution in [0.4, 0.5) is 5.13 Å². The fourth-order valence-electron chi connectivity index (χ4n) is 1.01. The average Bonchev–Trinajstić information content (AvgIpc) is 2.87. The molecule has 1 N–H and O–H groups in total. The smallest absolute Gasteiger partial charge is 0.250 e.